The summed E-state index contributed by atoms with van der Waals surface area (Å²) in [7, 11) is -3.61. The summed E-state index contributed by atoms with van der Waals surface area (Å²) < 4.78 is 26.7. The van der Waals surface area contributed by atoms with Gasteiger partial charge in [-0.05, 0) is 60.7 Å². The molecule has 0 aliphatic carbocycles. The van der Waals surface area contributed by atoms with Crippen LogP contribution in [0.15, 0.2) is 83.8 Å². The van der Waals surface area contributed by atoms with Crippen LogP contribution in [0.4, 0.5) is 5.69 Å². The number of amides is 2. The number of nitrogens with one attached hydrogen (secondary N) is 4. The van der Waals surface area contributed by atoms with Crippen LogP contribution in [-0.4, -0.2) is 38.4 Å². The smallest absolute Gasteiger partial charge is 0.255 e. The molecular formula is C23H23N5O4S2. The van der Waals surface area contributed by atoms with Gasteiger partial charge in [0, 0.05) is 34.7 Å². The summed E-state index contributed by atoms with van der Waals surface area (Å²) in [5.41, 5.74) is 7.27. The Morgan fingerprint density at radius 3 is 1.97 bits per heavy atom. The van der Waals surface area contributed by atoms with Gasteiger partial charge in [-0.2, -0.15) is 4.13 Å². The Balaban J connectivity index is 1.44. The number of sulfonamides is 1. The molecule has 0 saturated heterocycles. The van der Waals surface area contributed by atoms with E-state index in [0.29, 0.717) is 28.1 Å². The third-order valence-corrected chi connectivity index (χ3v) is 7.22. The highest BCUT2D eigenvalue weighted by molar-refractivity contribution is 8.09. The molecule has 0 saturated carbocycles. The second-order valence-electron chi connectivity index (χ2n) is 7.03. The van der Waals surface area contributed by atoms with Gasteiger partial charge in [0.2, 0.25) is 10.0 Å². The van der Waals surface area contributed by atoms with Crippen LogP contribution in [0.5, 0.6) is 0 Å². The maximum Gasteiger partial charge on any atom is 0.255 e. The fraction of sp³-hybridized carbons (Fsp3) is 0.0870. The number of nitrogens with two attached hydrogens (primary N) is 1. The second kappa shape index (κ2) is 11.5. The summed E-state index contributed by atoms with van der Waals surface area (Å²) in [6, 6.07) is 20.7. The number of benzene rings is 3. The molecule has 0 spiro atoms. The molecule has 3 aromatic rings. The summed E-state index contributed by atoms with van der Waals surface area (Å²) >= 11 is 0.978. The largest absolute Gasteiger partial charge is 0.384 e. The number of hydrogen-bond donors (Lipinski definition) is 5. The molecule has 11 heteroatoms. The summed E-state index contributed by atoms with van der Waals surface area (Å²) in [5, 5.41) is 12.8. The third-order valence-electron chi connectivity index (χ3n) is 4.57. The maximum absolute atomic E-state index is 12.4. The van der Waals surface area contributed by atoms with Gasteiger partial charge in [-0.1, -0.05) is 30.1 Å². The van der Waals surface area contributed by atoms with Crippen LogP contribution >= 0.6 is 11.9 Å². The zero-order chi connectivity index (χ0) is 24.6. The summed E-state index contributed by atoms with van der Waals surface area (Å²) in [6.07, 6.45) is 0. The first kappa shape index (κ1) is 25.0. The standard InChI is InChI=1S/C23H23N5O4S2/c24-21(25)16-10-12-19(13-11-16)27-23(30)18-8-6-17(7-9-18)22(29)26-14-15-33-28-34(31,32)20-4-2-1-3-5-20/h1-13,28H,14-15H2,(H3,24,25)(H,26,29)(H,27,30). The van der Waals surface area contributed by atoms with Crippen molar-refractivity contribution < 1.29 is 18.0 Å². The van der Waals surface area contributed by atoms with Crippen molar-refractivity contribution in [1.82, 2.24) is 9.44 Å². The van der Waals surface area contributed by atoms with Gasteiger partial charge < -0.3 is 16.4 Å². The minimum atomic E-state index is -3.61. The summed E-state index contributed by atoms with van der Waals surface area (Å²) in [4.78, 5) is 24.9. The Morgan fingerprint density at radius 2 is 1.38 bits per heavy atom. The van der Waals surface area contributed by atoms with Gasteiger partial charge in [0.25, 0.3) is 11.8 Å². The van der Waals surface area contributed by atoms with E-state index in [4.69, 9.17) is 11.1 Å². The first-order valence-corrected chi connectivity index (χ1v) is 12.6. The fourth-order valence-corrected chi connectivity index (χ4v) is 4.85. The van der Waals surface area contributed by atoms with Crippen LogP contribution in [0.2, 0.25) is 0 Å². The molecule has 0 aromatic heterocycles. The first-order valence-electron chi connectivity index (χ1n) is 10.1. The molecule has 6 N–H and O–H groups in total. The van der Waals surface area contributed by atoms with Crippen LogP contribution in [-0.2, 0) is 10.0 Å². The number of nitrogen functional groups attached to an aromatic ring is 1. The summed E-state index contributed by atoms with van der Waals surface area (Å²) in [6.45, 7) is 0.249. The van der Waals surface area contributed by atoms with E-state index in [0.717, 1.165) is 11.9 Å². The van der Waals surface area contributed by atoms with Crippen molar-refractivity contribution in [3.63, 3.8) is 0 Å². The van der Waals surface area contributed by atoms with Crippen LogP contribution in [0.3, 0.4) is 0 Å². The molecule has 0 fully saturated rings. The van der Waals surface area contributed by atoms with Crippen LogP contribution in [0.1, 0.15) is 26.3 Å². The van der Waals surface area contributed by atoms with Crippen LogP contribution < -0.4 is 20.5 Å². The van der Waals surface area contributed by atoms with E-state index in [9.17, 15) is 18.0 Å². The van der Waals surface area contributed by atoms with Crippen molar-refractivity contribution in [1.29, 1.82) is 5.41 Å². The SMILES string of the molecule is N=C(N)c1ccc(NC(=O)c2ccc(C(=O)NCCSNS(=O)(=O)c3ccccc3)cc2)cc1. The van der Waals surface area contributed by atoms with E-state index in [1.54, 1.807) is 42.5 Å². The normalized spacial score (nSPS) is 10.9. The van der Waals surface area contributed by atoms with E-state index in [2.05, 4.69) is 14.8 Å². The zero-order valence-corrected chi connectivity index (χ0v) is 19.6. The molecule has 0 radical (unpaired) electrons. The second-order valence-corrected chi connectivity index (χ2v) is 9.87. The predicted octanol–water partition coefficient (Wildman–Crippen LogP) is 2.58. The van der Waals surface area contributed by atoms with E-state index >= 15 is 0 Å². The molecule has 2 amide bonds. The number of carbonyl (C=O) groups is 2. The van der Waals surface area contributed by atoms with Gasteiger partial charge in [0.05, 0.1) is 4.90 Å². The molecular weight excluding hydrogens is 474 g/mol. The van der Waals surface area contributed by atoms with Crippen molar-refractivity contribution in [3.8, 4) is 0 Å². The molecule has 34 heavy (non-hydrogen) atoms. The van der Waals surface area contributed by atoms with E-state index in [-0.39, 0.29) is 29.1 Å². The van der Waals surface area contributed by atoms with Crippen LogP contribution in [0, 0.1) is 5.41 Å². The van der Waals surface area contributed by atoms with Crippen molar-refractivity contribution in [2.75, 3.05) is 17.6 Å². The van der Waals surface area contributed by atoms with E-state index in [1.807, 2.05) is 0 Å². The lowest BCUT2D eigenvalue weighted by atomic mass is 10.1. The van der Waals surface area contributed by atoms with Gasteiger partial charge in [-0.15, -0.1) is 0 Å². The summed E-state index contributed by atoms with van der Waals surface area (Å²) in [5.74, 6) is -0.400. The number of hydrogen-bond acceptors (Lipinski definition) is 6. The fourth-order valence-electron chi connectivity index (χ4n) is 2.79. The molecule has 3 aromatic carbocycles. The first-order chi connectivity index (χ1) is 16.3. The Bertz CT molecular complexity index is 1260. The Morgan fingerprint density at radius 1 is 0.824 bits per heavy atom. The molecule has 9 nitrogen and oxygen atoms in total. The Hall–Kier alpha value is -3.67. The molecule has 176 valence electrons. The van der Waals surface area contributed by atoms with Gasteiger partial charge in [-0.25, -0.2) is 8.42 Å². The molecule has 3 rings (SSSR count). The molecule has 0 aliphatic heterocycles. The lowest BCUT2D eigenvalue weighted by Gasteiger charge is -2.08. The highest BCUT2D eigenvalue weighted by atomic mass is 32.3. The van der Waals surface area contributed by atoms with Crippen LogP contribution in [0.25, 0.3) is 0 Å². The lowest BCUT2D eigenvalue weighted by Crippen LogP contribution is -2.27. The van der Waals surface area contributed by atoms with Crippen molar-refractivity contribution in [2.24, 2.45) is 5.73 Å². The molecule has 0 bridgehead atoms. The van der Waals surface area contributed by atoms with E-state index in [1.165, 1.54) is 36.4 Å². The number of anilines is 1. The van der Waals surface area contributed by atoms with E-state index < -0.39 is 10.0 Å². The van der Waals surface area contributed by atoms with Gasteiger partial charge in [0.15, 0.2) is 0 Å². The Labute approximate surface area is 201 Å². The minimum absolute atomic E-state index is 0.0567. The third kappa shape index (κ3) is 6.91. The minimum Gasteiger partial charge on any atom is -0.384 e. The van der Waals surface area contributed by atoms with Gasteiger partial charge in [-0.3, -0.25) is 15.0 Å². The van der Waals surface area contributed by atoms with Crippen molar-refractivity contribution >= 4 is 45.3 Å². The average Bonchev–Trinajstić information content (AvgIpc) is 2.84. The van der Waals surface area contributed by atoms with Crippen molar-refractivity contribution in [3.05, 3.63) is 95.6 Å². The molecule has 0 atom stereocenters. The Kier molecular flexibility index (Phi) is 8.41. The zero-order valence-electron chi connectivity index (χ0n) is 17.9. The highest BCUT2D eigenvalue weighted by Crippen LogP contribution is 2.13. The average molecular weight is 498 g/mol. The highest BCUT2D eigenvalue weighted by Gasteiger charge is 2.13. The lowest BCUT2D eigenvalue weighted by molar-refractivity contribution is 0.0954. The molecule has 0 aliphatic rings. The number of carbonyl (C=O) groups excluding carboxylic acids is 2. The van der Waals surface area contributed by atoms with Gasteiger partial charge >= 0.3 is 0 Å². The predicted molar refractivity (Wildman–Crippen MR) is 133 cm³/mol. The van der Waals surface area contributed by atoms with Gasteiger partial charge in [0.1, 0.15) is 5.84 Å². The monoisotopic (exact) mass is 497 g/mol. The quantitative estimate of drug-likeness (QED) is 0.126. The number of rotatable bonds is 10. The maximum atomic E-state index is 12.4. The molecule has 0 unspecified atom stereocenters. The van der Waals surface area contributed by atoms with Crippen molar-refractivity contribution in [2.45, 2.75) is 4.90 Å². The topological polar surface area (TPSA) is 154 Å². The number of amidine groups is 1. The molecule has 0 heterocycles.